The molecule has 0 bridgehead atoms. The van der Waals surface area contributed by atoms with Gasteiger partial charge in [0.15, 0.2) is 6.61 Å². The summed E-state index contributed by atoms with van der Waals surface area (Å²) in [6, 6.07) is 5.78. The Morgan fingerprint density at radius 1 is 1.17 bits per heavy atom. The lowest BCUT2D eigenvalue weighted by Crippen LogP contribution is -2.21. The Balaban J connectivity index is 1.74. The van der Waals surface area contributed by atoms with Crippen LogP contribution in [-0.4, -0.2) is 22.5 Å². The molecule has 0 aliphatic carbocycles. The quantitative estimate of drug-likeness (QED) is 0.794. The summed E-state index contributed by atoms with van der Waals surface area (Å²) in [5.74, 6) is 0.869. The normalized spacial score (nSPS) is 10.8. The van der Waals surface area contributed by atoms with E-state index in [0.29, 0.717) is 17.0 Å². The topological polar surface area (TPSA) is 77.2 Å². The summed E-state index contributed by atoms with van der Waals surface area (Å²) in [6.07, 6.45) is 1.36. The van der Waals surface area contributed by atoms with E-state index in [1.54, 1.807) is 0 Å². The van der Waals surface area contributed by atoms with Crippen molar-refractivity contribution in [1.29, 1.82) is 0 Å². The van der Waals surface area contributed by atoms with Gasteiger partial charge >= 0.3 is 0 Å². The van der Waals surface area contributed by atoms with Crippen molar-refractivity contribution < 1.29 is 13.9 Å². The minimum Gasteiger partial charge on any atom is -0.467 e. The lowest BCUT2D eigenvalue weighted by molar-refractivity contribution is -0.118. The van der Waals surface area contributed by atoms with Crippen LogP contribution in [0.5, 0.6) is 5.88 Å². The molecule has 0 spiro atoms. The number of hydrogen-bond acceptors (Lipinski definition) is 5. The van der Waals surface area contributed by atoms with E-state index in [9.17, 15) is 4.79 Å². The van der Waals surface area contributed by atoms with E-state index < -0.39 is 0 Å². The number of furan rings is 1. The van der Waals surface area contributed by atoms with Crippen LogP contribution in [0.25, 0.3) is 11.1 Å². The molecule has 0 atom stereocenters. The van der Waals surface area contributed by atoms with Crippen molar-refractivity contribution in [3.8, 4) is 5.88 Å². The van der Waals surface area contributed by atoms with Gasteiger partial charge in [0.25, 0.3) is 5.91 Å². The van der Waals surface area contributed by atoms with Crippen molar-refractivity contribution >= 4 is 22.7 Å². The van der Waals surface area contributed by atoms with E-state index in [0.717, 1.165) is 28.1 Å². The highest BCUT2D eigenvalue weighted by Crippen LogP contribution is 2.29. The molecule has 3 aromatic rings. The molecule has 2 aromatic heterocycles. The number of carbonyl (C=O) groups excluding carboxylic acids is 1. The number of benzene rings is 1. The second-order valence-electron chi connectivity index (χ2n) is 5.73. The Morgan fingerprint density at radius 3 is 2.75 bits per heavy atom. The average Bonchev–Trinajstić information content (AvgIpc) is 2.85. The predicted octanol–water partition coefficient (Wildman–Crippen LogP) is 3.47. The Hall–Kier alpha value is -2.89. The number of nitrogens with zero attached hydrogens (tertiary/aromatic N) is 2. The van der Waals surface area contributed by atoms with Crippen LogP contribution in [-0.2, 0) is 4.79 Å². The third kappa shape index (κ3) is 2.95. The minimum absolute atomic E-state index is 0.136. The first-order valence-corrected chi connectivity index (χ1v) is 7.67. The Morgan fingerprint density at radius 2 is 1.96 bits per heavy atom. The molecule has 0 radical (unpaired) electrons. The first-order valence-electron chi connectivity index (χ1n) is 7.67. The van der Waals surface area contributed by atoms with Gasteiger partial charge < -0.3 is 14.5 Å². The summed E-state index contributed by atoms with van der Waals surface area (Å²) >= 11 is 0. The van der Waals surface area contributed by atoms with Crippen LogP contribution in [0.3, 0.4) is 0 Å². The van der Waals surface area contributed by atoms with E-state index in [2.05, 4.69) is 15.3 Å². The molecule has 0 aliphatic rings. The Bertz CT molecular complexity index is 915. The van der Waals surface area contributed by atoms with Gasteiger partial charge in [0.1, 0.15) is 17.5 Å². The molecule has 1 N–H and O–H groups in total. The van der Waals surface area contributed by atoms with Crippen molar-refractivity contribution in [3.63, 3.8) is 0 Å². The molecule has 24 heavy (non-hydrogen) atoms. The molecule has 6 heteroatoms. The first-order chi connectivity index (χ1) is 11.5. The van der Waals surface area contributed by atoms with Crippen molar-refractivity contribution in [2.24, 2.45) is 0 Å². The maximum Gasteiger partial charge on any atom is 0.262 e. The van der Waals surface area contributed by atoms with Crippen LogP contribution in [0.15, 0.2) is 28.9 Å². The largest absolute Gasteiger partial charge is 0.467 e. The highest BCUT2D eigenvalue weighted by atomic mass is 16.5. The van der Waals surface area contributed by atoms with Crippen LogP contribution in [0.1, 0.15) is 22.5 Å². The monoisotopic (exact) mass is 325 g/mol. The van der Waals surface area contributed by atoms with Gasteiger partial charge in [0, 0.05) is 11.3 Å². The summed E-state index contributed by atoms with van der Waals surface area (Å²) in [5, 5.41) is 3.56. The van der Waals surface area contributed by atoms with Gasteiger partial charge in [0.2, 0.25) is 11.6 Å². The number of carbonyl (C=O) groups is 1. The molecule has 0 saturated heterocycles. The van der Waals surface area contributed by atoms with Crippen molar-refractivity contribution in [1.82, 2.24) is 9.97 Å². The van der Waals surface area contributed by atoms with Gasteiger partial charge in [-0.1, -0.05) is 12.1 Å². The van der Waals surface area contributed by atoms with E-state index in [1.807, 2.05) is 45.9 Å². The lowest BCUT2D eigenvalue weighted by Gasteiger charge is -2.11. The van der Waals surface area contributed by atoms with Crippen molar-refractivity contribution in [3.05, 3.63) is 47.0 Å². The fourth-order valence-electron chi connectivity index (χ4n) is 2.47. The van der Waals surface area contributed by atoms with Crippen LogP contribution in [0, 0.1) is 27.7 Å². The van der Waals surface area contributed by atoms with E-state index in [-0.39, 0.29) is 12.5 Å². The number of ether oxygens (including phenoxy) is 1. The lowest BCUT2D eigenvalue weighted by atomic mass is 10.1. The minimum atomic E-state index is -0.242. The first kappa shape index (κ1) is 16.0. The van der Waals surface area contributed by atoms with Crippen LogP contribution < -0.4 is 10.1 Å². The zero-order chi connectivity index (χ0) is 17.3. The van der Waals surface area contributed by atoms with E-state index in [4.69, 9.17) is 9.15 Å². The zero-order valence-electron chi connectivity index (χ0n) is 14.1. The van der Waals surface area contributed by atoms with Gasteiger partial charge in [-0.05, 0) is 44.9 Å². The predicted molar refractivity (Wildman–Crippen MR) is 91.3 cm³/mol. The van der Waals surface area contributed by atoms with Gasteiger partial charge in [0.05, 0.1) is 0 Å². The maximum absolute atomic E-state index is 12.2. The summed E-state index contributed by atoms with van der Waals surface area (Å²) in [5.41, 5.74) is 4.32. The summed E-state index contributed by atoms with van der Waals surface area (Å²) in [6.45, 7) is 7.60. The number of nitrogens with one attached hydrogen (secondary N) is 1. The molecular weight excluding hydrogens is 306 g/mol. The standard InChI is InChI=1S/C18H19N3O3/c1-10-6-5-7-14(11(10)2)21-15(22)8-23-17-16-12(3)13(4)24-18(16)20-9-19-17/h5-7,9H,8H2,1-4H3,(H,21,22). The van der Waals surface area contributed by atoms with Gasteiger partial charge in [-0.2, -0.15) is 0 Å². The van der Waals surface area contributed by atoms with Crippen LogP contribution >= 0.6 is 0 Å². The summed E-state index contributed by atoms with van der Waals surface area (Å²) < 4.78 is 11.1. The van der Waals surface area contributed by atoms with Crippen LogP contribution in [0.2, 0.25) is 0 Å². The zero-order valence-corrected chi connectivity index (χ0v) is 14.1. The average molecular weight is 325 g/mol. The third-order valence-corrected chi connectivity index (χ3v) is 4.15. The molecule has 1 amide bonds. The number of rotatable bonds is 4. The number of fused-ring (bicyclic) bond motifs is 1. The molecule has 3 rings (SSSR count). The van der Waals surface area contributed by atoms with Gasteiger partial charge in [-0.3, -0.25) is 4.79 Å². The van der Waals surface area contributed by atoms with E-state index >= 15 is 0 Å². The second kappa shape index (κ2) is 6.31. The Labute approximate surface area is 139 Å². The van der Waals surface area contributed by atoms with Crippen LogP contribution in [0.4, 0.5) is 5.69 Å². The van der Waals surface area contributed by atoms with E-state index in [1.165, 1.54) is 6.33 Å². The molecule has 6 nitrogen and oxygen atoms in total. The van der Waals surface area contributed by atoms with Crippen molar-refractivity contribution in [2.45, 2.75) is 27.7 Å². The number of hydrogen-bond donors (Lipinski definition) is 1. The maximum atomic E-state index is 12.2. The molecule has 0 saturated carbocycles. The fourth-order valence-corrected chi connectivity index (χ4v) is 2.47. The third-order valence-electron chi connectivity index (χ3n) is 4.15. The molecule has 2 heterocycles. The SMILES string of the molecule is Cc1cccc(NC(=O)COc2ncnc3oc(C)c(C)c23)c1C. The number of aryl methyl sites for hydroxylation is 3. The van der Waals surface area contributed by atoms with Crippen molar-refractivity contribution in [2.75, 3.05) is 11.9 Å². The number of amides is 1. The molecule has 124 valence electrons. The number of anilines is 1. The highest BCUT2D eigenvalue weighted by molar-refractivity contribution is 5.93. The Kier molecular flexibility index (Phi) is 4.20. The number of aromatic nitrogens is 2. The summed E-state index contributed by atoms with van der Waals surface area (Å²) in [7, 11) is 0. The summed E-state index contributed by atoms with van der Waals surface area (Å²) in [4.78, 5) is 20.4. The molecular formula is C18H19N3O3. The van der Waals surface area contributed by atoms with Gasteiger partial charge in [-0.15, -0.1) is 0 Å². The molecule has 0 unspecified atom stereocenters. The highest BCUT2D eigenvalue weighted by Gasteiger charge is 2.16. The molecule has 0 fully saturated rings. The van der Waals surface area contributed by atoms with Gasteiger partial charge in [-0.25, -0.2) is 9.97 Å². The fraction of sp³-hybridized carbons (Fsp3) is 0.278. The second-order valence-corrected chi connectivity index (χ2v) is 5.73. The molecule has 0 aliphatic heterocycles. The smallest absolute Gasteiger partial charge is 0.262 e. The molecule has 1 aromatic carbocycles.